The van der Waals surface area contributed by atoms with Crippen LogP contribution in [0.15, 0.2) is 18.2 Å². The van der Waals surface area contributed by atoms with Crippen LogP contribution in [-0.4, -0.2) is 43.7 Å². The number of nitrogen functional groups attached to an aromatic ring is 1. The minimum absolute atomic E-state index is 0.122. The number of methoxy groups -OCH3 is 1. The van der Waals surface area contributed by atoms with E-state index in [2.05, 4.69) is 5.32 Å². The van der Waals surface area contributed by atoms with Crippen molar-refractivity contribution in [1.29, 1.82) is 0 Å². The molecular weight excluding hydrogens is 278 g/mol. The van der Waals surface area contributed by atoms with Crippen molar-refractivity contribution in [3.05, 3.63) is 23.2 Å². The monoisotopic (exact) mass is 299 g/mol. The van der Waals surface area contributed by atoms with E-state index in [1.165, 1.54) is 0 Å². The summed E-state index contributed by atoms with van der Waals surface area (Å²) in [6, 6.07) is 5.17. The number of halogens is 1. The number of hydrogen-bond acceptors (Lipinski definition) is 4. The Morgan fingerprint density at radius 1 is 1.55 bits per heavy atom. The molecule has 0 aliphatic heterocycles. The summed E-state index contributed by atoms with van der Waals surface area (Å²) in [7, 11) is 1.65. The van der Waals surface area contributed by atoms with Crippen molar-refractivity contribution >= 4 is 28.9 Å². The topological polar surface area (TPSA) is 67.6 Å². The summed E-state index contributed by atoms with van der Waals surface area (Å²) in [5.41, 5.74) is 6.84. The van der Waals surface area contributed by atoms with Crippen molar-refractivity contribution in [2.24, 2.45) is 0 Å². The summed E-state index contributed by atoms with van der Waals surface area (Å²) in [5, 5.41) is 3.32. The lowest BCUT2D eigenvalue weighted by Crippen LogP contribution is -2.41. The molecule has 0 aromatic heterocycles. The summed E-state index contributed by atoms with van der Waals surface area (Å²) in [4.78, 5) is 14.1. The molecule has 0 bridgehead atoms. The van der Waals surface area contributed by atoms with Gasteiger partial charge in [0.05, 0.1) is 24.5 Å². The van der Waals surface area contributed by atoms with Gasteiger partial charge in [-0.2, -0.15) is 0 Å². The summed E-state index contributed by atoms with van der Waals surface area (Å²) >= 11 is 5.89. The lowest BCUT2D eigenvalue weighted by molar-refractivity contribution is -0.118. The summed E-state index contributed by atoms with van der Waals surface area (Å²) in [6.45, 7) is 5.66. The van der Waals surface area contributed by atoms with Gasteiger partial charge in [-0.3, -0.25) is 9.69 Å². The van der Waals surface area contributed by atoms with E-state index in [0.29, 0.717) is 23.0 Å². The molecule has 1 aromatic carbocycles. The molecule has 0 saturated heterocycles. The predicted octanol–water partition coefficient (Wildman–Crippen LogP) is 2.22. The lowest BCUT2D eigenvalue weighted by Gasteiger charge is -2.26. The fraction of sp³-hybridized carbons (Fsp3) is 0.500. The summed E-state index contributed by atoms with van der Waals surface area (Å²) in [5.74, 6) is -0.122. The van der Waals surface area contributed by atoms with Crippen LogP contribution in [0.3, 0.4) is 0 Å². The van der Waals surface area contributed by atoms with Gasteiger partial charge in [0.1, 0.15) is 0 Å². The van der Waals surface area contributed by atoms with Gasteiger partial charge in [0, 0.05) is 18.2 Å². The van der Waals surface area contributed by atoms with Gasteiger partial charge in [-0.25, -0.2) is 0 Å². The van der Waals surface area contributed by atoms with E-state index in [0.717, 1.165) is 6.54 Å². The second-order valence-corrected chi connectivity index (χ2v) is 5.08. The third-order valence-electron chi connectivity index (χ3n) is 3.07. The quantitative estimate of drug-likeness (QED) is 0.758. The van der Waals surface area contributed by atoms with Gasteiger partial charge in [-0.1, -0.05) is 18.5 Å². The molecule has 0 radical (unpaired) electrons. The number of anilines is 2. The van der Waals surface area contributed by atoms with Crippen LogP contribution in [0.5, 0.6) is 0 Å². The van der Waals surface area contributed by atoms with E-state index in [1.54, 1.807) is 25.3 Å². The normalized spacial score (nSPS) is 12.4. The zero-order valence-electron chi connectivity index (χ0n) is 12.1. The highest BCUT2D eigenvalue weighted by molar-refractivity contribution is 6.31. The Labute approximate surface area is 125 Å². The molecule has 1 rings (SSSR count). The molecule has 0 aliphatic rings. The van der Waals surface area contributed by atoms with E-state index in [1.807, 2.05) is 18.7 Å². The lowest BCUT2D eigenvalue weighted by atomic mass is 10.2. The SMILES string of the molecule is CCN(CC(=O)Nc1cc(Cl)ccc1N)C(C)COC. The van der Waals surface area contributed by atoms with Crippen LogP contribution in [0.25, 0.3) is 0 Å². The third-order valence-corrected chi connectivity index (χ3v) is 3.31. The molecule has 1 unspecified atom stereocenters. The molecule has 1 atom stereocenters. The molecule has 112 valence electrons. The zero-order valence-corrected chi connectivity index (χ0v) is 12.9. The van der Waals surface area contributed by atoms with Gasteiger partial charge in [0.25, 0.3) is 0 Å². The maximum absolute atomic E-state index is 12.1. The molecule has 1 amide bonds. The van der Waals surface area contributed by atoms with Crippen molar-refractivity contribution in [2.45, 2.75) is 19.9 Å². The van der Waals surface area contributed by atoms with Gasteiger partial charge in [0.15, 0.2) is 0 Å². The first kappa shape index (κ1) is 16.8. The molecule has 5 nitrogen and oxygen atoms in total. The summed E-state index contributed by atoms with van der Waals surface area (Å²) in [6.07, 6.45) is 0. The van der Waals surface area contributed by atoms with Crippen LogP contribution in [0, 0.1) is 0 Å². The van der Waals surface area contributed by atoms with E-state index in [4.69, 9.17) is 22.1 Å². The molecule has 0 saturated carbocycles. The number of benzene rings is 1. The number of carbonyl (C=O) groups excluding carboxylic acids is 1. The van der Waals surface area contributed by atoms with Gasteiger partial charge in [-0.15, -0.1) is 0 Å². The molecule has 0 spiro atoms. The maximum Gasteiger partial charge on any atom is 0.238 e. The molecule has 20 heavy (non-hydrogen) atoms. The van der Waals surface area contributed by atoms with Crippen molar-refractivity contribution in [3.63, 3.8) is 0 Å². The van der Waals surface area contributed by atoms with E-state index >= 15 is 0 Å². The molecule has 6 heteroatoms. The van der Waals surface area contributed by atoms with Crippen LogP contribution in [0.2, 0.25) is 5.02 Å². The average molecular weight is 300 g/mol. The van der Waals surface area contributed by atoms with Gasteiger partial charge in [0.2, 0.25) is 5.91 Å². The molecule has 1 aromatic rings. The van der Waals surface area contributed by atoms with Crippen LogP contribution in [0.4, 0.5) is 11.4 Å². The molecule has 0 heterocycles. The number of amides is 1. The second kappa shape index (κ2) is 8.09. The summed E-state index contributed by atoms with van der Waals surface area (Å²) < 4.78 is 5.11. The smallest absolute Gasteiger partial charge is 0.238 e. The van der Waals surface area contributed by atoms with Crippen molar-refractivity contribution in [3.8, 4) is 0 Å². The Balaban J connectivity index is 2.64. The van der Waals surface area contributed by atoms with Gasteiger partial charge >= 0.3 is 0 Å². The molecule has 0 fully saturated rings. The number of carbonyl (C=O) groups is 1. The average Bonchev–Trinajstić information content (AvgIpc) is 2.40. The largest absolute Gasteiger partial charge is 0.397 e. The highest BCUT2D eigenvalue weighted by Gasteiger charge is 2.16. The van der Waals surface area contributed by atoms with Crippen molar-refractivity contribution in [2.75, 3.05) is 37.9 Å². The van der Waals surface area contributed by atoms with Gasteiger partial charge < -0.3 is 15.8 Å². The number of nitrogens with two attached hydrogens (primary N) is 1. The Morgan fingerprint density at radius 3 is 2.85 bits per heavy atom. The minimum atomic E-state index is -0.122. The first-order valence-corrected chi connectivity index (χ1v) is 6.93. The van der Waals surface area contributed by atoms with E-state index in [-0.39, 0.29) is 18.5 Å². The van der Waals surface area contributed by atoms with Crippen LogP contribution in [-0.2, 0) is 9.53 Å². The maximum atomic E-state index is 12.1. The molecular formula is C14H22ClN3O2. The Kier molecular flexibility index (Phi) is 6.78. The predicted molar refractivity (Wildman–Crippen MR) is 83.1 cm³/mol. The highest BCUT2D eigenvalue weighted by atomic mass is 35.5. The number of hydrogen-bond donors (Lipinski definition) is 2. The first-order chi connectivity index (χ1) is 9.47. The van der Waals surface area contributed by atoms with Crippen LogP contribution < -0.4 is 11.1 Å². The van der Waals surface area contributed by atoms with Gasteiger partial charge in [-0.05, 0) is 31.7 Å². The molecule has 3 N–H and O–H groups in total. The Morgan fingerprint density at radius 2 is 2.25 bits per heavy atom. The number of likely N-dealkylation sites (N-methyl/N-ethyl adjacent to an activating group) is 1. The van der Waals surface area contributed by atoms with E-state index in [9.17, 15) is 4.79 Å². The van der Waals surface area contributed by atoms with Crippen LogP contribution in [0.1, 0.15) is 13.8 Å². The standard InChI is InChI=1S/C14H22ClN3O2/c1-4-18(10(2)9-20-3)8-14(19)17-13-7-11(15)5-6-12(13)16/h5-7,10H,4,8-9,16H2,1-3H3,(H,17,19). The number of nitrogens with one attached hydrogen (secondary N) is 1. The van der Waals surface area contributed by atoms with Crippen molar-refractivity contribution < 1.29 is 9.53 Å². The highest BCUT2D eigenvalue weighted by Crippen LogP contribution is 2.22. The minimum Gasteiger partial charge on any atom is -0.397 e. The fourth-order valence-corrected chi connectivity index (χ4v) is 2.11. The Bertz CT molecular complexity index is 454. The zero-order chi connectivity index (χ0) is 15.1. The number of ether oxygens (including phenoxy) is 1. The third kappa shape index (κ3) is 5.00. The second-order valence-electron chi connectivity index (χ2n) is 4.65. The van der Waals surface area contributed by atoms with Crippen LogP contribution >= 0.6 is 11.6 Å². The number of nitrogens with zero attached hydrogens (tertiary/aromatic N) is 1. The van der Waals surface area contributed by atoms with E-state index < -0.39 is 0 Å². The molecule has 0 aliphatic carbocycles. The first-order valence-electron chi connectivity index (χ1n) is 6.55. The number of rotatable bonds is 7. The van der Waals surface area contributed by atoms with Crippen molar-refractivity contribution in [1.82, 2.24) is 4.90 Å². The fourth-order valence-electron chi connectivity index (χ4n) is 1.94. The Hall–Kier alpha value is -1.30.